The van der Waals surface area contributed by atoms with E-state index < -0.39 is 0 Å². The van der Waals surface area contributed by atoms with Crippen LogP contribution in [0.2, 0.25) is 0 Å². The van der Waals surface area contributed by atoms with Gasteiger partial charge in [-0.15, -0.1) is 11.3 Å². The Labute approximate surface area is 170 Å². The summed E-state index contributed by atoms with van der Waals surface area (Å²) in [5.41, 5.74) is 1.07. The molecule has 1 nitrogen and oxygen atoms in total. The number of aliphatic hydroxyl groups excluding tert-OH is 1. The summed E-state index contributed by atoms with van der Waals surface area (Å²) in [6.45, 7) is 7.80. The quantitative estimate of drug-likeness (QED) is 0.588. The smallest absolute Gasteiger partial charge is 0.0543 e. The van der Waals surface area contributed by atoms with E-state index in [0.717, 1.165) is 48.3 Å². The maximum absolute atomic E-state index is 10.2. The molecule has 0 unspecified atom stereocenters. The highest BCUT2D eigenvalue weighted by Gasteiger charge is 2.60. The monoisotopic (exact) mass is 386 g/mol. The zero-order valence-electron chi connectivity index (χ0n) is 17.5. The molecular formula is C25H38OS. The summed E-state index contributed by atoms with van der Waals surface area (Å²) in [4.78, 5) is 1.61. The molecule has 0 saturated heterocycles. The summed E-state index contributed by atoms with van der Waals surface area (Å²) in [7, 11) is 0. The molecule has 4 aliphatic carbocycles. The van der Waals surface area contributed by atoms with E-state index in [1.807, 2.05) is 11.3 Å². The van der Waals surface area contributed by atoms with Crippen molar-refractivity contribution < 1.29 is 5.11 Å². The third-order valence-electron chi connectivity index (χ3n) is 10.3. The minimum atomic E-state index is -0.0176. The van der Waals surface area contributed by atoms with Gasteiger partial charge in [-0.2, -0.15) is 0 Å². The Hall–Kier alpha value is -0.340. The number of fused-ring (bicyclic) bond motifs is 5. The first-order chi connectivity index (χ1) is 12.9. The molecule has 5 rings (SSSR count). The van der Waals surface area contributed by atoms with E-state index in [4.69, 9.17) is 0 Å². The molecule has 1 heterocycles. The highest BCUT2D eigenvalue weighted by Crippen LogP contribution is 2.68. The van der Waals surface area contributed by atoms with E-state index in [0.29, 0.717) is 10.8 Å². The predicted molar refractivity (Wildman–Crippen MR) is 114 cm³/mol. The van der Waals surface area contributed by atoms with Crippen LogP contribution in [-0.2, 0) is 0 Å². The summed E-state index contributed by atoms with van der Waals surface area (Å²) in [6, 6.07) is 4.61. The first-order valence-corrected chi connectivity index (χ1v) is 12.5. The lowest BCUT2D eigenvalue weighted by Crippen LogP contribution is -2.54. The van der Waals surface area contributed by atoms with E-state index >= 15 is 0 Å². The van der Waals surface area contributed by atoms with Crippen LogP contribution in [0.15, 0.2) is 17.5 Å². The second kappa shape index (κ2) is 6.59. The Bertz CT molecular complexity index is 668. The average Bonchev–Trinajstić information content (AvgIpc) is 3.29. The van der Waals surface area contributed by atoms with Crippen molar-refractivity contribution in [1.82, 2.24) is 0 Å². The minimum absolute atomic E-state index is 0.0176. The van der Waals surface area contributed by atoms with Crippen LogP contribution < -0.4 is 0 Å². The normalized spacial score (nSPS) is 50.5. The molecule has 0 aromatic carbocycles. The minimum Gasteiger partial charge on any atom is -0.393 e. The van der Waals surface area contributed by atoms with Gasteiger partial charge in [-0.3, -0.25) is 0 Å². The maximum atomic E-state index is 10.2. The van der Waals surface area contributed by atoms with Gasteiger partial charge < -0.3 is 5.11 Å². The molecule has 4 saturated carbocycles. The lowest BCUT2D eigenvalue weighted by molar-refractivity contribution is -0.127. The highest BCUT2D eigenvalue weighted by molar-refractivity contribution is 7.10. The van der Waals surface area contributed by atoms with Crippen LogP contribution in [0.25, 0.3) is 0 Å². The van der Waals surface area contributed by atoms with Gasteiger partial charge in [0.15, 0.2) is 0 Å². The van der Waals surface area contributed by atoms with Gasteiger partial charge in [0.25, 0.3) is 0 Å². The van der Waals surface area contributed by atoms with Crippen LogP contribution >= 0.6 is 11.3 Å². The van der Waals surface area contributed by atoms with Gasteiger partial charge in [-0.1, -0.05) is 26.8 Å². The highest BCUT2D eigenvalue weighted by atomic mass is 32.1. The number of aliphatic hydroxyl groups is 1. The van der Waals surface area contributed by atoms with Gasteiger partial charge in [0, 0.05) is 4.88 Å². The van der Waals surface area contributed by atoms with Crippen molar-refractivity contribution >= 4 is 11.3 Å². The molecular weight excluding hydrogens is 348 g/mol. The molecule has 1 N–H and O–H groups in total. The molecule has 1 aromatic heterocycles. The fourth-order valence-corrected chi connectivity index (χ4v) is 9.70. The first kappa shape index (κ1) is 18.7. The third-order valence-corrected chi connectivity index (χ3v) is 11.4. The van der Waals surface area contributed by atoms with E-state index in [1.165, 1.54) is 44.9 Å². The first-order valence-electron chi connectivity index (χ1n) is 11.6. The number of hydrogen-bond acceptors (Lipinski definition) is 2. The SMILES string of the molecule is C[C@H](c1cccs1)[C@H]1CC[C@H]2[C@@H]3CC[C@H]4C[C@@H](O)CC[C@]4(C)[C@H]3CC[C@]12C. The maximum Gasteiger partial charge on any atom is 0.0543 e. The molecule has 4 aliphatic rings. The fraction of sp³-hybridized carbons (Fsp3) is 0.840. The standard InChI is InChI=1S/C25H38OS/c1-16(23-5-4-14-27-23)20-8-9-21-19-7-6-17-15-18(26)10-12-24(17,2)22(19)11-13-25(20,21)3/h4-5,14,16-22,26H,6-13,15H2,1-3H3/t16-,17-,18-,19-,20+,21-,22-,24-,25+/m0/s1. The zero-order valence-corrected chi connectivity index (χ0v) is 18.3. The van der Waals surface area contributed by atoms with Crippen molar-refractivity contribution in [2.75, 3.05) is 0 Å². The molecule has 0 aliphatic heterocycles. The zero-order chi connectivity index (χ0) is 18.8. The number of hydrogen-bond donors (Lipinski definition) is 1. The molecule has 1 aromatic rings. The van der Waals surface area contributed by atoms with Gasteiger partial charge >= 0.3 is 0 Å². The van der Waals surface area contributed by atoms with Gasteiger partial charge in [-0.25, -0.2) is 0 Å². The average molecular weight is 387 g/mol. The van der Waals surface area contributed by atoms with Crippen LogP contribution in [0.5, 0.6) is 0 Å². The molecule has 150 valence electrons. The van der Waals surface area contributed by atoms with Crippen molar-refractivity contribution in [3.8, 4) is 0 Å². The van der Waals surface area contributed by atoms with Crippen molar-refractivity contribution in [3.63, 3.8) is 0 Å². The molecule has 0 bridgehead atoms. The summed E-state index contributed by atoms with van der Waals surface area (Å²) < 4.78 is 0. The van der Waals surface area contributed by atoms with Crippen molar-refractivity contribution in [2.24, 2.45) is 40.4 Å². The molecule has 0 spiro atoms. The largest absolute Gasteiger partial charge is 0.393 e. The van der Waals surface area contributed by atoms with Gasteiger partial charge in [0.05, 0.1) is 6.10 Å². The van der Waals surface area contributed by atoms with E-state index in [-0.39, 0.29) is 6.10 Å². The molecule has 4 fully saturated rings. The second-order valence-corrected chi connectivity index (χ2v) is 12.1. The Morgan fingerprint density at radius 1 is 1.00 bits per heavy atom. The van der Waals surface area contributed by atoms with Crippen molar-refractivity contribution in [2.45, 2.75) is 90.6 Å². The van der Waals surface area contributed by atoms with Crippen LogP contribution in [0.4, 0.5) is 0 Å². The predicted octanol–water partition coefficient (Wildman–Crippen LogP) is 6.87. The second-order valence-electron chi connectivity index (χ2n) is 11.1. The van der Waals surface area contributed by atoms with E-state index in [1.54, 1.807) is 4.88 Å². The Kier molecular flexibility index (Phi) is 4.56. The fourth-order valence-electron chi connectivity index (χ4n) is 8.85. The summed E-state index contributed by atoms with van der Waals surface area (Å²) in [5.74, 6) is 5.23. The van der Waals surface area contributed by atoms with E-state index in [9.17, 15) is 5.11 Å². The lowest BCUT2D eigenvalue weighted by atomic mass is 9.44. The van der Waals surface area contributed by atoms with Crippen LogP contribution in [-0.4, -0.2) is 11.2 Å². The summed E-state index contributed by atoms with van der Waals surface area (Å²) >= 11 is 1.97. The van der Waals surface area contributed by atoms with Gasteiger partial charge in [0.2, 0.25) is 0 Å². The van der Waals surface area contributed by atoms with Gasteiger partial charge in [-0.05, 0) is 116 Å². The van der Waals surface area contributed by atoms with Crippen molar-refractivity contribution in [3.05, 3.63) is 22.4 Å². The third kappa shape index (κ3) is 2.72. The summed E-state index contributed by atoms with van der Waals surface area (Å²) in [5, 5.41) is 12.5. The molecule has 9 atom stereocenters. The van der Waals surface area contributed by atoms with Gasteiger partial charge in [0.1, 0.15) is 0 Å². The molecule has 0 radical (unpaired) electrons. The molecule has 0 amide bonds. The van der Waals surface area contributed by atoms with Crippen LogP contribution in [0.1, 0.15) is 89.4 Å². The van der Waals surface area contributed by atoms with Crippen LogP contribution in [0, 0.1) is 40.4 Å². The molecule has 27 heavy (non-hydrogen) atoms. The van der Waals surface area contributed by atoms with Crippen LogP contribution in [0.3, 0.4) is 0 Å². The topological polar surface area (TPSA) is 20.2 Å². The Morgan fingerprint density at radius 3 is 2.56 bits per heavy atom. The number of rotatable bonds is 2. The lowest BCUT2D eigenvalue weighted by Gasteiger charge is -2.61. The summed E-state index contributed by atoms with van der Waals surface area (Å²) in [6.07, 6.45) is 12.0. The van der Waals surface area contributed by atoms with Crippen molar-refractivity contribution in [1.29, 1.82) is 0 Å². The molecule has 2 heteroatoms. The Balaban J connectivity index is 1.40. The number of thiophene rings is 1. The van der Waals surface area contributed by atoms with E-state index in [2.05, 4.69) is 38.3 Å². The Morgan fingerprint density at radius 2 is 1.78 bits per heavy atom.